The fourth-order valence-corrected chi connectivity index (χ4v) is 2.20. The largest absolute Gasteiger partial charge is 0.385 e. The molecule has 1 unspecified atom stereocenters. The number of ether oxygens (including phenoxy) is 1. The van der Waals surface area contributed by atoms with E-state index in [0.717, 1.165) is 45.6 Å². The Morgan fingerprint density at radius 1 is 1.50 bits per heavy atom. The van der Waals surface area contributed by atoms with E-state index in [-0.39, 0.29) is 5.91 Å². The first-order valence-corrected chi connectivity index (χ1v) is 6.90. The number of nitrogens with zero attached hydrogens (tertiary/aromatic N) is 1. The Balaban J connectivity index is 1.97. The summed E-state index contributed by atoms with van der Waals surface area (Å²) < 4.78 is 5.01. The van der Waals surface area contributed by atoms with Gasteiger partial charge in [-0.15, -0.1) is 0 Å². The molecule has 18 heavy (non-hydrogen) atoms. The molecule has 1 saturated heterocycles. The molecule has 0 aromatic rings. The van der Waals surface area contributed by atoms with Crippen molar-refractivity contribution in [2.24, 2.45) is 0 Å². The molecule has 1 amide bonds. The van der Waals surface area contributed by atoms with Crippen molar-refractivity contribution < 1.29 is 9.53 Å². The highest BCUT2D eigenvalue weighted by molar-refractivity contribution is 5.76. The van der Waals surface area contributed by atoms with Gasteiger partial charge >= 0.3 is 0 Å². The van der Waals surface area contributed by atoms with Gasteiger partial charge < -0.3 is 20.3 Å². The summed E-state index contributed by atoms with van der Waals surface area (Å²) in [5, 5.41) is 6.31. The molecule has 0 saturated carbocycles. The highest BCUT2D eigenvalue weighted by Crippen LogP contribution is 2.07. The Hall–Kier alpha value is -0.650. The lowest BCUT2D eigenvalue weighted by Crippen LogP contribution is -2.36. The van der Waals surface area contributed by atoms with Crippen molar-refractivity contribution in [2.75, 3.05) is 46.9 Å². The Bertz CT molecular complexity index is 230. The predicted octanol–water partition coefficient (Wildman–Crippen LogP) is 0.213. The van der Waals surface area contributed by atoms with Crippen LogP contribution in [0.4, 0.5) is 0 Å². The maximum absolute atomic E-state index is 11.7. The fraction of sp³-hybridized carbons (Fsp3) is 0.923. The number of hydrogen-bond acceptors (Lipinski definition) is 4. The average molecular weight is 257 g/mol. The molecular weight excluding hydrogens is 230 g/mol. The zero-order chi connectivity index (χ0) is 13.2. The summed E-state index contributed by atoms with van der Waals surface area (Å²) in [7, 11) is 3.79. The lowest BCUT2D eigenvalue weighted by Gasteiger charge is -2.17. The van der Waals surface area contributed by atoms with Crippen molar-refractivity contribution >= 4 is 5.91 Å². The molecule has 1 aliphatic heterocycles. The van der Waals surface area contributed by atoms with Gasteiger partial charge in [0.2, 0.25) is 5.91 Å². The van der Waals surface area contributed by atoms with E-state index in [1.807, 2.05) is 0 Å². The first-order chi connectivity index (χ1) is 8.72. The van der Waals surface area contributed by atoms with E-state index in [4.69, 9.17) is 4.74 Å². The lowest BCUT2D eigenvalue weighted by atomic mass is 10.1. The quantitative estimate of drug-likeness (QED) is 0.580. The third-order valence-corrected chi connectivity index (χ3v) is 3.30. The van der Waals surface area contributed by atoms with E-state index in [1.54, 1.807) is 7.11 Å². The summed E-state index contributed by atoms with van der Waals surface area (Å²) in [5.74, 6) is 0.166. The number of likely N-dealkylation sites (N-methyl/N-ethyl adjacent to an activating group) is 1. The van der Waals surface area contributed by atoms with Crippen molar-refractivity contribution in [1.82, 2.24) is 15.5 Å². The number of nitrogens with one attached hydrogen (secondary N) is 2. The van der Waals surface area contributed by atoms with E-state index in [1.165, 1.54) is 6.42 Å². The standard InChI is InChI=1S/C13H27N3O2/c1-16(8-4-10-18-2)9-7-15-13(17)11-12-5-3-6-14-12/h12,14H,3-11H2,1-2H3,(H,15,17). The SMILES string of the molecule is COCCCN(C)CCNC(=O)CC1CCCN1. The smallest absolute Gasteiger partial charge is 0.221 e. The zero-order valence-electron chi connectivity index (χ0n) is 11.7. The van der Waals surface area contributed by atoms with Crippen LogP contribution in [0.3, 0.4) is 0 Å². The molecular formula is C13H27N3O2. The van der Waals surface area contributed by atoms with Crippen LogP contribution in [0.25, 0.3) is 0 Å². The molecule has 1 aliphatic rings. The number of hydrogen-bond donors (Lipinski definition) is 2. The van der Waals surface area contributed by atoms with Crippen molar-refractivity contribution in [3.63, 3.8) is 0 Å². The van der Waals surface area contributed by atoms with Crippen LogP contribution in [0.1, 0.15) is 25.7 Å². The van der Waals surface area contributed by atoms with Gasteiger partial charge in [0.15, 0.2) is 0 Å². The fourth-order valence-electron chi connectivity index (χ4n) is 2.20. The van der Waals surface area contributed by atoms with E-state index in [0.29, 0.717) is 12.5 Å². The molecule has 1 fully saturated rings. The molecule has 0 aromatic carbocycles. The van der Waals surface area contributed by atoms with Gasteiger partial charge in [0.1, 0.15) is 0 Å². The van der Waals surface area contributed by atoms with E-state index < -0.39 is 0 Å². The maximum atomic E-state index is 11.7. The molecule has 0 radical (unpaired) electrons. The lowest BCUT2D eigenvalue weighted by molar-refractivity contribution is -0.121. The topological polar surface area (TPSA) is 53.6 Å². The molecule has 5 heteroatoms. The molecule has 106 valence electrons. The normalized spacial score (nSPS) is 19.4. The van der Waals surface area contributed by atoms with Gasteiger partial charge in [-0.25, -0.2) is 0 Å². The minimum absolute atomic E-state index is 0.166. The van der Waals surface area contributed by atoms with Crippen molar-refractivity contribution in [1.29, 1.82) is 0 Å². The Morgan fingerprint density at radius 3 is 3.00 bits per heavy atom. The van der Waals surface area contributed by atoms with Crippen LogP contribution in [0.2, 0.25) is 0 Å². The molecule has 1 heterocycles. The Labute approximate surface area is 110 Å². The van der Waals surface area contributed by atoms with Crippen LogP contribution in [-0.4, -0.2) is 63.8 Å². The summed E-state index contributed by atoms with van der Waals surface area (Å²) in [6.07, 6.45) is 3.98. The minimum Gasteiger partial charge on any atom is -0.385 e. The monoisotopic (exact) mass is 257 g/mol. The highest BCUT2D eigenvalue weighted by atomic mass is 16.5. The molecule has 1 rings (SSSR count). The maximum Gasteiger partial charge on any atom is 0.221 e. The highest BCUT2D eigenvalue weighted by Gasteiger charge is 2.17. The molecule has 0 bridgehead atoms. The number of rotatable bonds is 9. The van der Waals surface area contributed by atoms with Crippen LogP contribution in [0.5, 0.6) is 0 Å². The van der Waals surface area contributed by atoms with Crippen LogP contribution >= 0.6 is 0 Å². The third kappa shape index (κ3) is 6.93. The summed E-state index contributed by atoms with van der Waals surface area (Å²) in [4.78, 5) is 13.9. The minimum atomic E-state index is 0.166. The van der Waals surface area contributed by atoms with Crippen molar-refractivity contribution in [2.45, 2.75) is 31.7 Å². The molecule has 5 nitrogen and oxygen atoms in total. The summed E-state index contributed by atoms with van der Waals surface area (Å²) in [6.45, 7) is 4.49. The second-order valence-electron chi connectivity index (χ2n) is 5.00. The molecule has 1 atom stereocenters. The van der Waals surface area contributed by atoms with Gasteiger partial charge in [0.25, 0.3) is 0 Å². The second-order valence-corrected chi connectivity index (χ2v) is 5.00. The van der Waals surface area contributed by atoms with Gasteiger partial charge in [-0.1, -0.05) is 0 Å². The van der Waals surface area contributed by atoms with Crippen LogP contribution < -0.4 is 10.6 Å². The number of amides is 1. The number of carbonyl (C=O) groups is 1. The van der Waals surface area contributed by atoms with Gasteiger partial charge in [-0.05, 0) is 32.9 Å². The summed E-state index contributed by atoms with van der Waals surface area (Å²) in [6, 6.07) is 0.393. The van der Waals surface area contributed by atoms with Crippen molar-refractivity contribution in [3.05, 3.63) is 0 Å². The van der Waals surface area contributed by atoms with Gasteiger partial charge in [0.05, 0.1) is 0 Å². The van der Waals surface area contributed by atoms with Gasteiger partial charge in [-0.3, -0.25) is 4.79 Å². The van der Waals surface area contributed by atoms with Crippen molar-refractivity contribution in [3.8, 4) is 0 Å². The van der Waals surface area contributed by atoms with E-state index >= 15 is 0 Å². The summed E-state index contributed by atoms with van der Waals surface area (Å²) >= 11 is 0. The average Bonchev–Trinajstić information content (AvgIpc) is 2.82. The molecule has 0 spiro atoms. The third-order valence-electron chi connectivity index (χ3n) is 3.30. The zero-order valence-corrected chi connectivity index (χ0v) is 11.7. The number of carbonyl (C=O) groups excluding carboxylic acids is 1. The van der Waals surface area contributed by atoms with Gasteiger partial charge in [-0.2, -0.15) is 0 Å². The molecule has 0 aromatic heterocycles. The van der Waals surface area contributed by atoms with Crippen LogP contribution in [-0.2, 0) is 9.53 Å². The summed E-state index contributed by atoms with van der Waals surface area (Å²) in [5.41, 5.74) is 0. The predicted molar refractivity (Wildman–Crippen MR) is 72.6 cm³/mol. The molecule has 0 aliphatic carbocycles. The number of methoxy groups -OCH3 is 1. The first kappa shape index (κ1) is 15.4. The first-order valence-electron chi connectivity index (χ1n) is 6.90. The van der Waals surface area contributed by atoms with Crippen LogP contribution in [0.15, 0.2) is 0 Å². The Kier molecular flexibility index (Phi) is 7.96. The van der Waals surface area contributed by atoms with E-state index in [9.17, 15) is 4.79 Å². The van der Waals surface area contributed by atoms with Gasteiger partial charge in [0, 0.05) is 45.8 Å². The Morgan fingerprint density at radius 2 is 2.33 bits per heavy atom. The van der Waals surface area contributed by atoms with E-state index in [2.05, 4.69) is 22.6 Å². The molecule has 2 N–H and O–H groups in total. The second kappa shape index (κ2) is 9.30. The van der Waals surface area contributed by atoms with Crippen LogP contribution in [0, 0.1) is 0 Å².